The van der Waals surface area contributed by atoms with Crippen molar-refractivity contribution in [3.8, 4) is 11.5 Å². The Balaban J connectivity index is 2.08. The van der Waals surface area contributed by atoms with Crippen LogP contribution in [0.15, 0.2) is 42.5 Å². The van der Waals surface area contributed by atoms with Gasteiger partial charge in [0.1, 0.15) is 11.5 Å². The molecule has 0 unspecified atom stereocenters. The maximum atomic E-state index is 5.92. The first-order valence-corrected chi connectivity index (χ1v) is 7.42. The molecule has 2 heteroatoms. The summed E-state index contributed by atoms with van der Waals surface area (Å²) in [6, 6.07) is 14.4. The zero-order valence-corrected chi connectivity index (χ0v) is 13.7. The minimum absolute atomic E-state index is 0.128. The topological polar surface area (TPSA) is 21.3 Å². The summed E-state index contributed by atoms with van der Waals surface area (Å²) in [7, 11) is 0. The Morgan fingerprint density at radius 3 is 2.29 bits per heavy atom. The van der Waals surface area contributed by atoms with Crippen molar-refractivity contribution in [3.63, 3.8) is 0 Å². The fraction of sp³-hybridized carbons (Fsp3) is 0.368. The first-order chi connectivity index (χ1) is 9.83. The predicted octanol–water partition coefficient (Wildman–Crippen LogP) is 4.98. The number of hydrogen-bond acceptors (Lipinski definition) is 2. The maximum Gasteiger partial charge on any atom is 0.127 e. The molecule has 0 saturated carbocycles. The van der Waals surface area contributed by atoms with Gasteiger partial charge in [-0.15, -0.1) is 0 Å². The molecule has 0 spiro atoms. The van der Waals surface area contributed by atoms with E-state index in [-0.39, 0.29) is 5.54 Å². The van der Waals surface area contributed by atoms with Crippen molar-refractivity contribution in [1.29, 1.82) is 0 Å². The molecule has 0 bridgehead atoms. The van der Waals surface area contributed by atoms with E-state index >= 15 is 0 Å². The van der Waals surface area contributed by atoms with Gasteiger partial charge >= 0.3 is 0 Å². The smallest absolute Gasteiger partial charge is 0.127 e. The second kappa shape index (κ2) is 6.31. The van der Waals surface area contributed by atoms with E-state index in [2.05, 4.69) is 58.1 Å². The van der Waals surface area contributed by atoms with Crippen molar-refractivity contribution in [2.45, 2.75) is 46.7 Å². The lowest BCUT2D eigenvalue weighted by atomic mass is 10.1. The van der Waals surface area contributed by atoms with E-state index < -0.39 is 0 Å². The average molecular weight is 283 g/mol. The zero-order valence-electron chi connectivity index (χ0n) is 13.7. The number of hydrogen-bond donors (Lipinski definition) is 1. The van der Waals surface area contributed by atoms with Crippen molar-refractivity contribution < 1.29 is 4.74 Å². The third-order valence-corrected chi connectivity index (χ3v) is 3.35. The van der Waals surface area contributed by atoms with Gasteiger partial charge in [-0.25, -0.2) is 0 Å². The summed E-state index contributed by atoms with van der Waals surface area (Å²) < 4.78 is 5.92. The van der Waals surface area contributed by atoms with E-state index in [0.29, 0.717) is 0 Å². The summed E-state index contributed by atoms with van der Waals surface area (Å²) in [5.74, 6) is 1.77. The molecule has 2 rings (SSSR count). The van der Waals surface area contributed by atoms with Gasteiger partial charge in [0.15, 0.2) is 0 Å². The van der Waals surface area contributed by atoms with Gasteiger partial charge in [0.05, 0.1) is 0 Å². The van der Waals surface area contributed by atoms with Crippen molar-refractivity contribution in [1.82, 2.24) is 5.32 Å². The van der Waals surface area contributed by atoms with Crippen molar-refractivity contribution in [3.05, 3.63) is 59.2 Å². The van der Waals surface area contributed by atoms with Crippen LogP contribution in [-0.4, -0.2) is 5.54 Å². The Bertz CT molecular complexity index is 611. The Morgan fingerprint density at radius 2 is 1.67 bits per heavy atom. The quantitative estimate of drug-likeness (QED) is 0.854. The number of ether oxygens (including phenoxy) is 1. The minimum Gasteiger partial charge on any atom is -0.457 e. The molecule has 0 fully saturated rings. The number of aryl methyl sites for hydroxylation is 2. The molecular formula is C19H25NO. The van der Waals surface area contributed by atoms with Gasteiger partial charge in [-0.05, 0) is 75.6 Å². The third kappa shape index (κ3) is 4.91. The first kappa shape index (κ1) is 15.6. The molecule has 0 aliphatic heterocycles. The van der Waals surface area contributed by atoms with E-state index in [0.717, 1.165) is 18.0 Å². The molecule has 0 aliphatic carbocycles. The highest BCUT2D eigenvalue weighted by Crippen LogP contribution is 2.24. The van der Waals surface area contributed by atoms with E-state index in [9.17, 15) is 0 Å². The Labute approximate surface area is 128 Å². The minimum atomic E-state index is 0.128. The van der Waals surface area contributed by atoms with Gasteiger partial charge < -0.3 is 10.1 Å². The second-order valence-corrected chi connectivity index (χ2v) is 6.61. The molecule has 21 heavy (non-hydrogen) atoms. The van der Waals surface area contributed by atoms with Gasteiger partial charge in [0, 0.05) is 12.1 Å². The van der Waals surface area contributed by atoms with Crippen molar-refractivity contribution in [2.24, 2.45) is 0 Å². The Morgan fingerprint density at radius 1 is 0.952 bits per heavy atom. The molecule has 2 aromatic rings. The summed E-state index contributed by atoms with van der Waals surface area (Å²) in [4.78, 5) is 0. The van der Waals surface area contributed by atoms with Gasteiger partial charge in [-0.2, -0.15) is 0 Å². The number of rotatable bonds is 4. The molecule has 0 aliphatic rings. The Hall–Kier alpha value is -1.80. The highest BCUT2D eigenvalue weighted by molar-refractivity contribution is 5.38. The van der Waals surface area contributed by atoms with E-state index in [4.69, 9.17) is 4.74 Å². The molecule has 1 N–H and O–H groups in total. The van der Waals surface area contributed by atoms with E-state index in [1.54, 1.807) is 0 Å². The highest BCUT2D eigenvalue weighted by atomic mass is 16.5. The Kier molecular flexibility index (Phi) is 4.69. The molecule has 2 aromatic carbocycles. The standard InChI is InChI=1S/C19H25NO/c1-14-7-6-8-17(11-14)21-18-10-9-16(15(2)12-18)13-20-19(3,4)5/h6-12,20H,13H2,1-5H3. The van der Waals surface area contributed by atoms with Crippen LogP contribution < -0.4 is 10.1 Å². The lowest BCUT2D eigenvalue weighted by Crippen LogP contribution is -2.35. The van der Waals surface area contributed by atoms with Crippen LogP contribution in [0.2, 0.25) is 0 Å². The summed E-state index contributed by atoms with van der Waals surface area (Å²) in [5, 5.41) is 3.51. The molecule has 0 aromatic heterocycles. The second-order valence-electron chi connectivity index (χ2n) is 6.61. The molecule has 0 radical (unpaired) electrons. The summed E-state index contributed by atoms with van der Waals surface area (Å²) in [6.45, 7) is 11.6. The zero-order chi connectivity index (χ0) is 15.5. The van der Waals surface area contributed by atoms with Gasteiger partial charge in [-0.3, -0.25) is 0 Å². The van der Waals surface area contributed by atoms with Crippen LogP contribution in [0, 0.1) is 13.8 Å². The third-order valence-electron chi connectivity index (χ3n) is 3.35. The normalized spacial score (nSPS) is 11.5. The lowest BCUT2D eigenvalue weighted by molar-refractivity contribution is 0.423. The highest BCUT2D eigenvalue weighted by Gasteiger charge is 2.10. The predicted molar refractivity (Wildman–Crippen MR) is 89.0 cm³/mol. The van der Waals surface area contributed by atoms with Crippen LogP contribution in [0.3, 0.4) is 0 Å². The molecule has 0 atom stereocenters. The molecule has 2 nitrogen and oxygen atoms in total. The number of benzene rings is 2. The van der Waals surface area contributed by atoms with Crippen LogP contribution in [0.4, 0.5) is 0 Å². The van der Waals surface area contributed by atoms with Crippen molar-refractivity contribution in [2.75, 3.05) is 0 Å². The molecule has 0 heterocycles. The van der Waals surface area contributed by atoms with Gasteiger partial charge in [-0.1, -0.05) is 18.2 Å². The summed E-state index contributed by atoms with van der Waals surface area (Å²) in [5.41, 5.74) is 3.89. The molecule has 0 amide bonds. The first-order valence-electron chi connectivity index (χ1n) is 7.42. The van der Waals surface area contributed by atoms with Gasteiger partial charge in [0.25, 0.3) is 0 Å². The van der Waals surface area contributed by atoms with Crippen LogP contribution in [0.5, 0.6) is 11.5 Å². The van der Waals surface area contributed by atoms with Crippen LogP contribution in [0.25, 0.3) is 0 Å². The van der Waals surface area contributed by atoms with Crippen LogP contribution >= 0.6 is 0 Å². The molecule has 0 saturated heterocycles. The number of nitrogens with one attached hydrogen (secondary N) is 1. The van der Waals surface area contributed by atoms with E-state index in [1.165, 1.54) is 16.7 Å². The average Bonchev–Trinajstić information content (AvgIpc) is 2.36. The fourth-order valence-corrected chi connectivity index (χ4v) is 2.11. The SMILES string of the molecule is Cc1cccc(Oc2ccc(CNC(C)(C)C)c(C)c2)c1. The van der Waals surface area contributed by atoms with Gasteiger partial charge in [0.2, 0.25) is 0 Å². The lowest BCUT2D eigenvalue weighted by Gasteiger charge is -2.21. The molecule has 112 valence electrons. The molecular weight excluding hydrogens is 258 g/mol. The van der Waals surface area contributed by atoms with E-state index in [1.807, 2.05) is 24.3 Å². The summed E-state index contributed by atoms with van der Waals surface area (Å²) >= 11 is 0. The van der Waals surface area contributed by atoms with Crippen LogP contribution in [-0.2, 0) is 6.54 Å². The maximum absolute atomic E-state index is 5.92. The van der Waals surface area contributed by atoms with Crippen molar-refractivity contribution >= 4 is 0 Å². The largest absolute Gasteiger partial charge is 0.457 e. The summed E-state index contributed by atoms with van der Waals surface area (Å²) in [6.07, 6.45) is 0. The fourth-order valence-electron chi connectivity index (χ4n) is 2.11. The monoisotopic (exact) mass is 283 g/mol. The van der Waals surface area contributed by atoms with Crippen LogP contribution in [0.1, 0.15) is 37.5 Å².